The standard InChI is InChI=1S/C21H20FN3O3S/c1-14-3-2-4-18(11-14)28-10-9-19(26)24-25-20(27)12-17-13-29-21(23-17)15-5-7-16(22)8-6-15/h2-8,11,13H,9-10,12H2,1H3,(H,24,26)(H,25,27). The number of rotatable bonds is 7. The summed E-state index contributed by atoms with van der Waals surface area (Å²) in [4.78, 5) is 28.2. The molecule has 6 nitrogen and oxygen atoms in total. The molecule has 0 aliphatic heterocycles. The number of aromatic nitrogens is 1. The van der Waals surface area contributed by atoms with Gasteiger partial charge in [-0.15, -0.1) is 11.3 Å². The van der Waals surface area contributed by atoms with Gasteiger partial charge in [0, 0.05) is 10.9 Å². The van der Waals surface area contributed by atoms with E-state index in [1.165, 1.54) is 23.5 Å². The average molecular weight is 413 g/mol. The smallest absolute Gasteiger partial charge is 0.244 e. The van der Waals surface area contributed by atoms with Gasteiger partial charge >= 0.3 is 0 Å². The van der Waals surface area contributed by atoms with Gasteiger partial charge in [0.2, 0.25) is 11.8 Å². The first-order valence-corrected chi connectivity index (χ1v) is 9.85. The van der Waals surface area contributed by atoms with Crippen LogP contribution in [0, 0.1) is 12.7 Å². The molecule has 1 heterocycles. The van der Waals surface area contributed by atoms with Crippen molar-refractivity contribution in [1.29, 1.82) is 0 Å². The number of hydrazine groups is 1. The van der Waals surface area contributed by atoms with Crippen molar-refractivity contribution < 1.29 is 18.7 Å². The van der Waals surface area contributed by atoms with Crippen LogP contribution in [0.3, 0.4) is 0 Å². The lowest BCUT2D eigenvalue weighted by atomic mass is 10.2. The van der Waals surface area contributed by atoms with Gasteiger partial charge in [-0.3, -0.25) is 20.4 Å². The quantitative estimate of drug-likeness (QED) is 0.582. The van der Waals surface area contributed by atoms with E-state index < -0.39 is 0 Å². The van der Waals surface area contributed by atoms with Crippen molar-refractivity contribution in [3.63, 3.8) is 0 Å². The molecule has 0 atom stereocenters. The first-order chi connectivity index (χ1) is 14.0. The molecule has 0 spiro atoms. The topological polar surface area (TPSA) is 80.3 Å². The van der Waals surface area contributed by atoms with Gasteiger partial charge in [0.1, 0.15) is 16.6 Å². The molecule has 0 saturated heterocycles. The summed E-state index contributed by atoms with van der Waals surface area (Å²) in [7, 11) is 0. The van der Waals surface area contributed by atoms with Crippen molar-refractivity contribution in [3.05, 3.63) is 71.0 Å². The van der Waals surface area contributed by atoms with E-state index in [4.69, 9.17) is 4.74 Å². The number of benzene rings is 2. The zero-order chi connectivity index (χ0) is 20.6. The van der Waals surface area contributed by atoms with Crippen LogP contribution in [0.25, 0.3) is 10.6 Å². The Kier molecular flexibility index (Phi) is 6.91. The molecule has 0 fully saturated rings. The molecule has 0 radical (unpaired) electrons. The molecule has 0 saturated carbocycles. The number of nitrogens with zero attached hydrogens (tertiary/aromatic N) is 1. The number of hydrogen-bond donors (Lipinski definition) is 2. The van der Waals surface area contributed by atoms with E-state index in [-0.39, 0.29) is 37.1 Å². The normalized spacial score (nSPS) is 10.4. The summed E-state index contributed by atoms with van der Waals surface area (Å²) >= 11 is 1.37. The van der Waals surface area contributed by atoms with E-state index in [1.807, 2.05) is 31.2 Å². The van der Waals surface area contributed by atoms with E-state index in [9.17, 15) is 14.0 Å². The number of amides is 2. The number of aryl methyl sites for hydroxylation is 1. The van der Waals surface area contributed by atoms with Crippen molar-refractivity contribution >= 4 is 23.2 Å². The first kappa shape index (κ1) is 20.5. The van der Waals surface area contributed by atoms with Crippen LogP contribution in [0.5, 0.6) is 5.75 Å². The molecule has 3 aromatic rings. The second-order valence-electron chi connectivity index (χ2n) is 6.34. The predicted molar refractivity (Wildman–Crippen MR) is 109 cm³/mol. The van der Waals surface area contributed by atoms with Crippen LogP contribution >= 0.6 is 11.3 Å². The molecule has 150 valence electrons. The van der Waals surface area contributed by atoms with Gasteiger partial charge in [-0.1, -0.05) is 12.1 Å². The number of ether oxygens (including phenoxy) is 1. The Balaban J connectivity index is 1.39. The summed E-state index contributed by atoms with van der Waals surface area (Å²) in [5.74, 6) is -0.350. The average Bonchev–Trinajstić information content (AvgIpc) is 3.15. The van der Waals surface area contributed by atoms with Crippen LogP contribution in [0.15, 0.2) is 53.9 Å². The van der Waals surface area contributed by atoms with Crippen LogP contribution in [0.4, 0.5) is 4.39 Å². The van der Waals surface area contributed by atoms with Gasteiger partial charge in [0.25, 0.3) is 0 Å². The minimum Gasteiger partial charge on any atom is -0.493 e. The minimum atomic E-state index is -0.381. The molecule has 3 rings (SSSR count). The first-order valence-electron chi connectivity index (χ1n) is 8.97. The lowest BCUT2D eigenvalue weighted by molar-refractivity contribution is -0.128. The molecule has 0 aliphatic carbocycles. The molecule has 0 aliphatic rings. The van der Waals surface area contributed by atoms with Gasteiger partial charge < -0.3 is 4.74 Å². The second kappa shape index (κ2) is 9.79. The van der Waals surface area contributed by atoms with E-state index in [1.54, 1.807) is 17.5 Å². The number of thiazole rings is 1. The molecule has 2 N–H and O–H groups in total. The molecular weight excluding hydrogens is 393 g/mol. The molecular formula is C21H20FN3O3S. The number of hydrogen-bond acceptors (Lipinski definition) is 5. The fraction of sp³-hybridized carbons (Fsp3) is 0.190. The van der Waals surface area contributed by atoms with Crippen LogP contribution < -0.4 is 15.6 Å². The van der Waals surface area contributed by atoms with Gasteiger partial charge in [-0.25, -0.2) is 9.37 Å². The number of halogens is 1. The van der Waals surface area contributed by atoms with Crippen LogP contribution in [0.2, 0.25) is 0 Å². The van der Waals surface area contributed by atoms with Crippen LogP contribution in [-0.4, -0.2) is 23.4 Å². The third kappa shape index (κ3) is 6.39. The van der Waals surface area contributed by atoms with Crippen molar-refractivity contribution in [2.24, 2.45) is 0 Å². The van der Waals surface area contributed by atoms with E-state index >= 15 is 0 Å². The van der Waals surface area contributed by atoms with E-state index in [2.05, 4.69) is 15.8 Å². The lowest BCUT2D eigenvalue weighted by Gasteiger charge is -2.08. The molecule has 0 bridgehead atoms. The highest BCUT2D eigenvalue weighted by Crippen LogP contribution is 2.24. The van der Waals surface area contributed by atoms with Crippen LogP contribution in [-0.2, 0) is 16.0 Å². The van der Waals surface area contributed by atoms with E-state index in [0.717, 1.165) is 11.1 Å². The lowest BCUT2D eigenvalue weighted by Crippen LogP contribution is -2.42. The Bertz CT molecular complexity index is 989. The number of nitrogens with one attached hydrogen (secondary N) is 2. The maximum atomic E-state index is 13.0. The second-order valence-corrected chi connectivity index (χ2v) is 7.20. The maximum Gasteiger partial charge on any atom is 0.244 e. The SMILES string of the molecule is Cc1cccc(OCCC(=O)NNC(=O)Cc2csc(-c3ccc(F)cc3)n2)c1. The highest BCUT2D eigenvalue weighted by Gasteiger charge is 2.10. The third-order valence-corrected chi connectivity index (χ3v) is 4.85. The molecule has 2 amide bonds. The fourth-order valence-electron chi connectivity index (χ4n) is 2.49. The highest BCUT2D eigenvalue weighted by molar-refractivity contribution is 7.13. The van der Waals surface area contributed by atoms with Crippen molar-refractivity contribution in [2.75, 3.05) is 6.61 Å². The Labute approximate surface area is 171 Å². The Morgan fingerprint density at radius 2 is 1.86 bits per heavy atom. The molecule has 2 aromatic carbocycles. The molecule has 29 heavy (non-hydrogen) atoms. The highest BCUT2D eigenvalue weighted by atomic mass is 32.1. The summed E-state index contributed by atoms with van der Waals surface area (Å²) in [5.41, 5.74) is 7.16. The molecule has 8 heteroatoms. The Hall–Kier alpha value is -3.26. The van der Waals surface area contributed by atoms with Crippen molar-refractivity contribution in [3.8, 4) is 16.3 Å². The molecule has 1 aromatic heterocycles. The van der Waals surface area contributed by atoms with Crippen molar-refractivity contribution in [1.82, 2.24) is 15.8 Å². The summed E-state index contributed by atoms with van der Waals surface area (Å²) in [5, 5.41) is 2.46. The Morgan fingerprint density at radius 1 is 1.10 bits per heavy atom. The summed E-state index contributed by atoms with van der Waals surface area (Å²) in [6, 6.07) is 13.5. The number of carbonyl (C=O) groups excluding carboxylic acids is 2. The van der Waals surface area contributed by atoms with Crippen LogP contribution in [0.1, 0.15) is 17.7 Å². The predicted octanol–water partition coefficient (Wildman–Crippen LogP) is 3.42. The fourth-order valence-corrected chi connectivity index (χ4v) is 3.32. The van der Waals surface area contributed by atoms with Gasteiger partial charge in [0.05, 0.1) is 25.1 Å². The largest absolute Gasteiger partial charge is 0.493 e. The van der Waals surface area contributed by atoms with Crippen molar-refractivity contribution in [2.45, 2.75) is 19.8 Å². The molecule has 0 unspecified atom stereocenters. The zero-order valence-electron chi connectivity index (χ0n) is 15.8. The van der Waals surface area contributed by atoms with Gasteiger partial charge in [-0.2, -0.15) is 0 Å². The zero-order valence-corrected chi connectivity index (χ0v) is 16.6. The number of carbonyl (C=O) groups is 2. The van der Waals surface area contributed by atoms with Gasteiger partial charge in [0.15, 0.2) is 0 Å². The summed E-state index contributed by atoms with van der Waals surface area (Å²) < 4.78 is 18.5. The minimum absolute atomic E-state index is 0.0256. The van der Waals surface area contributed by atoms with E-state index in [0.29, 0.717) is 16.5 Å². The monoisotopic (exact) mass is 413 g/mol. The van der Waals surface area contributed by atoms with Gasteiger partial charge in [-0.05, 0) is 48.9 Å². The summed E-state index contributed by atoms with van der Waals surface area (Å²) in [6.07, 6.45) is 0.136. The summed E-state index contributed by atoms with van der Waals surface area (Å²) in [6.45, 7) is 2.17. The third-order valence-electron chi connectivity index (χ3n) is 3.91. The maximum absolute atomic E-state index is 13.0. The Morgan fingerprint density at radius 3 is 2.62 bits per heavy atom.